The van der Waals surface area contributed by atoms with Crippen molar-refractivity contribution < 1.29 is 0 Å². The van der Waals surface area contributed by atoms with Crippen LogP contribution in [0.25, 0.3) is 99.5 Å². The minimum atomic E-state index is 0.357. The number of hydrogen-bond donors (Lipinski definition) is 0. The maximum atomic E-state index is 2.41. The van der Waals surface area contributed by atoms with Gasteiger partial charge in [-0.1, -0.05) is 188 Å². The molecule has 1 unspecified atom stereocenters. The van der Waals surface area contributed by atoms with Gasteiger partial charge in [0.25, 0.3) is 0 Å². The fourth-order valence-corrected chi connectivity index (χ4v) is 11.5. The van der Waals surface area contributed by atoms with Crippen molar-refractivity contribution in [3.63, 3.8) is 0 Å². The Hall–Kier alpha value is -9.70. The Labute approximate surface area is 437 Å². The first-order valence-corrected chi connectivity index (χ1v) is 26.0. The normalized spacial score (nSPS) is 13.3. The van der Waals surface area contributed by atoms with Gasteiger partial charge in [0.05, 0.1) is 22.1 Å². The molecule has 354 valence electrons. The van der Waals surface area contributed by atoms with Crippen molar-refractivity contribution in [2.75, 3.05) is 4.90 Å². The van der Waals surface area contributed by atoms with Crippen molar-refractivity contribution in [3.05, 3.63) is 297 Å². The molecule has 0 saturated carbocycles. The fourth-order valence-electron chi connectivity index (χ4n) is 11.5. The lowest BCUT2D eigenvalue weighted by molar-refractivity contribution is 0.853. The summed E-state index contributed by atoms with van der Waals surface area (Å²) in [5.41, 5.74) is 21.3. The van der Waals surface area contributed by atoms with E-state index in [0.29, 0.717) is 5.92 Å². The van der Waals surface area contributed by atoms with Gasteiger partial charge in [0.2, 0.25) is 0 Å². The first-order chi connectivity index (χ1) is 37.2. The van der Waals surface area contributed by atoms with Crippen molar-refractivity contribution in [1.82, 2.24) is 9.13 Å². The Morgan fingerprint density at radius 2 is 0.720 bits per heavy atom. The van der Waals surface area contributed by atoms with E-state index in [1.165, 1.54) is 99.4 Å². The average Bonchev–Trinajstić information content (AvgIpc) is 4.00. The quantitative estimate of drug-likeness (QED) is 0.133. The van der Waals surface area contributed by atoms with E-state index in [1.807, 2.05) is 0 Å². The van der Waals surface area contributed by atoms with Crippen LogP contribution in [-0.2, 0) is 0 Å². The third-order valence-corrected chi connectivity index (χ3v) is 15.2. The van der Waals surface area contributed by atoms with Gasteiger partial charge in [0, 0.05) is 55.9 Å². The minimum absolute atomic E-state index is 0.357. The Morgan fingerprint density at radius 3 is 1.31 bits per heavy atom. The number of benzene rings is 11. The van der Waals surface area contributed by atoms with E-state index in [4.69, 9.17) is 0 Å². The summed E-state index contributed by atoms with van der Waals surface area (Å²) in [5.74, 6) is 0.357. The lowest BCUT2D eigenvalue weighted by Gasteiger charge is -2.27. The zero-order valence-electron chi connectivity index (χ0n) is 41.3. The van der Waals surface area contributed by atoms with Crippen molar-refractivity contribution in [2.24, 2.45) is 0 Å². The van der Waals surface area contributed by atoms with Crippen LogP contribution in [0, 0.1) is 0 Å². The number of fused-ring (bicyclic) bond motifs is 6. The summed E-state index contributed by atoms with van der Waals surface area (Å²) in [7, 11) is 0. The molecule has 0 aliphatic heterocycles. The molecular formula is C72H51N3. The van der Waals surface area contributed by atoms with E-state index in [-0.39, 0.29) is 0 Å². The highest BCUT2D eigenvalue weighted by molar-refractivity contribution is 6.13. The van der Waals surface area contributed by atoms with E-state index in [2.05, 4.69) is 305 Å². The monoisotopic (exact) mass is 957 g/mol. The molecule has 0 N–H and O–H groups in total. The second-order valence-electron chi connectivity index (χ2n) is 19.7. The number of anilines is 3. The minimum Gasteiger partial charge on any atom is -0.310 e. The van der Waals surface area contributed by atoms with Crippen LogP contribution in [0.1, 0.15) is 17.9 Å². The first-order valence-electron chi connectivity index (χ1n) is 26.0. The summed E-state index contributed by atoms with van der Waals surface area (Å²) in [5, 5.41) is 4.96. The van der Waals surface area contributed by atoms with Gasteiger partial charge in [-0.3, -0.25) is 0 Å². The third-order valence-electron chi connectivity index (χ3n) is 15.2. The Bertz CT molecular complexity index is 4290. The summed E-state index contributed by atoms with van der Waals surface area (Å²) in [6.45, 7) is 0. The van der Waals surface area contributed by atoms with E-state index >= 15 is 0 Å². The molecule has 2 heterocycles. The second kappa shape index (κ2) is 18.7. The molecule has 0 saturated heterocycles. The first kappa shape index (κ1) is 44.0. The molecule has 0 bridgehead atoms. The number of hydrogen-bond acceptors (Lipinski definition) is 1. The predicted molar refractivity (Wildman–Crippen MR) is 317 cm³/mol. The van der Waals surface area contributed by atoms with Gasteiger partial charge >= 0.3 is 0 Å². The zero-order chi connectivity index (χ0) is 49.7. The molecule has 11 aromatic carbocycles. The largest absolute Gasteiger partial charge is 0.310 e. The molecule has 1 aliphatic carbocycles. The molecule has 2 aromatic heterocycles. The van der Waals surface area contributed by atoms with Gasteiger partial charge in [-0.2, -0.15) is 0 Å². The van der Waals surface area contributed by atoms with Gasteiger partial charge in [-0.25, -0.2) is 0 Å². The average molecular weight is 958 g/mol. The number of rotatable bonds is 10. The molecule has 1 atom stereocenters. The highest BCUT2D eigenvalue weighted by atomic mass is 15.1. The number of allylic oxidation sites excluding steroid dienone is 4. The van der Waals surface area contributed by atoms with Gasteiger partial charge in [-0.15, -0.1) is 0 Å². The maximum absolute atomic E-state index is 2.41. The highest BCUT2D eigenvalue weighted by Crippen LogP contribution is 2.42. The summed E-state index contributed by atoms with van der Waals surface area (Å²) in [6.07, 6.45) is 9.89. The summed E-state index contributed by atoms with van der Waals surface area (Å²) >= 11 is 0. The van der Waals surface area contributed by atoms with Gasteiger partial charge in [-0.05, 0) is 160 Å². The standard InChI is InChI=1S/C72H51N3/c1-5-17-50(18-6-1)55-21-15-27-63(45-55)73(64-28-16-22-56(46-64)51-19-7-2-8-20-51)62-40-35-53(36-41-62)52-31-33-54(34-32-52)57-37-42-71-67(47-57)68-49-59(39-44-72(68)75(71)61-25-11-4-12-26-61)58-38-43-70-66(48-58)65-29-13-14-30-69(65)74(70)60-23-9-3-10-24-60/h1-19,21-49,51H,20H2. The second-order valence-corrected chi connectivity index (χ2v) is 19.7. The van der Waals surface area contributed by atoms with Crippen LogP contribution in [0.3, 0.4) is 0 Å². The SMILES string of the molecule is C1=CCC(c2cccc(N(c3ccc(-c4ccc(-c5ccc6c(c5)c5cc(-c7ccc8c(c7)c7ccccc7n8-c7ccccc7)ccc5n6-c5ccccc5)cc4)cc3)c3cccc(-c4ccccc4)c3)c2)C=C1. The van der Waals surface area contributed by atoms with E-state index in [0.717, 1.165) is 29.2 Å². The van der Waals surface area contributed by atoms with Gasteiger partial charge < -0.3 is 14.0 Å². The lowest BCUT2D eigenvalue weighted by Crippen LogP contribution is -2.11. The molecule has 3 nitrogen and oxygen atoms in total. The summed E-state index contributed by atoms with van der Waals surface area (Å²) in [4.78, 5) is 2.39. The molecule has 3 heteroatoms. The van der Waals surface area contributed by atoms with E-state index in [9.17, 15) is 0 Å². The molecule has 75 heavy (non-hydrogen) atoms. The molecule has 0 amide bonds. The Morgan fingerprint density at radius 1 is 0.293 bits per heavy atom. The molecule has 14 rings (SSSR count). The van der Waals surface area contributed by atoms with E-state index < -0.39 is 0 Å². The Kier molecular flexibility index (Phi) is 11.0. The molecule has 13 aromatic rings. The third kappa shape index (κ3) is 8.03. The molecule has 0 radical (unpaired) electrons. The van der Waals surface area contributed by atoms with Crippen LogP contribution >= 0.6 is 0 Å². The van der Waals surface area contributed by atoms with Crippen molar-refractivity contribution in [1.29, 1.82) is 0 Å². The fraction of sp³-hybridized carbons (Fsp3) is 0.0278. The number of aromatic nitrogens is 2. The van der Waals surface area contributed by atoms with Crippen LogP contribution in [0.15, 0.2) is 291 Å². The van der Waals surface area contributed by atoms with Crippen LogP contribution in [0.2, 0.25) is 0 Å². The van der Waals surface area contributed by atoms with Crippen molar-refractivity contribution >= 4 is 60.7 Å². The van der Waals surface area contributed by atoms with Crippen LogP contribution in [0.5, 0.6) is 0 Å². The van der Waals surface area contributed by atoms with Crippen molar-refractivity contribution in [2.45, 2.75) is 12.3 Å². The number of nitrogens with zero attached hydrogens (tertiary/aromatic N) is 3. The summed E-state index contributed by atoms with van der Waals surface area (Å²) in [6, 6.07) is 97.8. The summed E-state index contributed by atoms with van der Waals surface area (Å²) < 4.78 is 4.79. The smallest absolute Gasteiger partial charge is 0.0541 e. The molecular weight excluding hydrogens is 907 g/mol. The van der Waals surface area contributed by atoms with Gasteiger partial charge in [0.1, 0.15) is 0 Å². The molecule has 0 spiro atoms. The van der Waals surface area contributed by atoms with Crippen LogP contribution in [0.4, 0.5) is 17.1 Å². The topological polar surface area (TPSA) is 13.1 Å². The molecule has 0 fully saturated rings. The van der Waals surface area contributed by atoms with Crippen molar-refractivity contribution in [3.8, 4) is 55.9 Å². The number of para-hydroxylation sites is 3. The Balaban J connectivity index is 0.811. The maximum Gasteiger partial charge on any atom is 0.0541 e. The van der Waals surface area contributed by atoms with E-state index in [1.54, 1.807) is 0 Å². The highest BCUT2D eigenvalue weighted by Gasteiger charge is 2.19. The van der Waals surface area contributed by atoms with Gasteiger partial charge in [0.15, 0.2) is 0 Å². The van der Waals surface area contributed by atoms with Crippen LogP contribution in [-0.4, -0.2) is 9.13 Å². The predicted octanol–water partition coefficient (Wildman–Crippen LogP) is 19.6. The molecule has 1 aliphatic rings. The lowest BCUT2D eigenvalue weighted by atomic mass is 9.92. The van der Waals surface area contributed by atoms with Crippen LogP contribution < -0.4 is 4.90 Å². The zero-order valence-corrected chi connectivity index (χ0v) is 41.3.